The lowest BCUT2D eigenvalue weighted by molar-refractivity contribution is -0.125. The first-order valence-corrected chi connectivity index (χ1v) is 15.1. The van der Waals surface area contributed by atoms with Crippen LogP contribution in [-0.2, 0) is 11.2 Å². The van der Waals surface area contributed by atoms with E-state index in [0.717, 1.165) is 36.8 Å². The molecule has 8 heteroatoms. The van der Waals surface area contributed by atoms with Gasteiger partial charge in [-0.05, 0) is 74.6 Å². The number of carbonyl (C=O) groups excluding carboxylic acids is 3. The maximum atomic E-state index is 13.8. The lowest BCUT2D eigenvalue weighted by Gasteiger charge is -2.30. The molecule has 2 aromatic carbocycles. The van der Waals surface area contributed by atoms with E-state index in [9.17, 15) is 14.4 Å². The Bertz CT molecular complexity index is 1290. The summed E-state index contributed by atoms with van der Waals surface area (Å²) in [4.78, 5) is 45.4. The Morgan fingerprint density at radius 2 is 1.70 bits per heavy atom. The first-order valence-electron chi connectivity index (χ1n) is 14.2. The summed E-state index contributed by atoms with van der Waals surface area (Å²) in [6.45, 7) is 2.80. The number of aryl methyl sites for hydroxylation is 1. The summed E-state index contributed by atoms with van der Waals surface area (Å²) in [5.74, 6) is -0.379. The Balaban J connectivity index is 1.40. The predicted molar refractivity (Wildman–Crippen MR) is 158 cm³/mol. The fraction of sp³-hybridized carbons (Fsp3) is 0.406. The van der Waals surface area contributed by atoms with Gasteiger partial charge in [0.15, 0.2) is 0 Å². The van der Waals surface area contributed by atoms with E-state index in [0.29, 0.717) is 36.4 Å². The van der Waals surface area contributed by atoms with Crippen molar-refractivity contribution in [3.8, 4) is 0 Å². The maximum Gasteiger partial charge on any atom is 0.264 e. The number of hydrogen-bond acceptors (Lipinski definition) is 5. The molecule has 2 unspecified atom stereocenters. The van der Waals surface area contributed by atoms with Crippen LogP contribution in [-0.4, -0.2) is 64.8 Å². The summed E-state index contributed by atoms with van der Waals surface area (Å²) in [7, 11) is 0. The summed E-state index contributed by atoms with van der Waals surface area (Å²) >= 11 is 1.41. The van der Waals surface area contributed by atoms with Crippen LogP contribution < -0.4 is 11.1 Å². The molecule has 3 N–H and O–H groups in total. The van der Waals surface area contributed by atoms with Crippen molar-refractivity contribution >= 4 is 29.1 Å². The van der Waals surface area contributed by atoms with E-state index in [1.165, 1.54) is 11.3 Å². The second-order valence-corrected chi connectivity index (χ2v) is 12.0. The molecule has 1 aromatic heterocycles. The monoisotopic (exact) mass is 558 g/mol. The molecule has 0 radical (unpaired) electrons. The zero-order chi connectivity index (χ0) is 28.1. The van der Waals surface area contributed by atoms with Crippen molar-refractivity contribution in [1.29, 1.82) is 0 Å². The van der Waals surface area contributed by atoms with Gasteiger partial charge in [-0.25, -0.2) is 0 Å². The van der Waals surface area contributed by atoms with Crippen LogP contribution >= 0.6 is 11.3 Å². The quantitative estimate of drug-likeness (QED) is 0.428. The number of nitrogens with two attached hydrogens (primary N) is 1. The van der Waals surface area contributed by atoms with Crippen LogP contribution in [0.15, 0.2) is 72.1 Å². The highest BCUT2D eigenvalue weighted by Gasteiger charge is 2.44. The Morgan fingerprint density at radius 1 is 0.975 bits per heavy atom. The molecule has 2 heterocycles. The normalized spacial score (nSPS) is 22.6. The molecule has 40 heavy (non-hydrogen) atoms. The third-order valence-electron chi connectivity index (χ3n) is 8.18. The molecule has 1 saturated carbocycles. The molecule has 1 aliphatic heterocycles. The molecular formula is C32H38N4O3S. The minimum Gasteiger partial charge on any atom is -0.352 e. The average molecular weight is 559 g/mol. The van der Waals surface area contributed by atoms with E-state index in [4.69, 9.17) is 5.73 Å². The molecule has 3 amide bonds. The fourth-order valence-electron chi connectivity index (χ4n) is 5.82. The molecule has 210 valence electrons. The van der Waals surface area contributed by atoms with Crippen LogP contribution in [0.2, 0.25) is 0 Å². The number of thiophene rings is 1. The fourth-order valence-corrected chi connectivity index (χ4v) is 6.50. The molecule has 2 atom stereocenters. The number of nitrogens with zero attached hydrogens (tertiary/aromatic N) is 2. The summed E-state index contributed by atoms with van der Waals surface area (Å²) < 4.78 is 0. The van der Waals surface area contributed by atoms with Crippen LogP contribution in [0.3, 0.4) is 0 Å². The Kier molecular flexibility index (Phi) is 8.97. The molecule has 0 bridgehead atoms. The molecule has 2 fully saturated rings. The second-order valence-electron chi connectivity index (χ2n) is 11.1. The molecular weight excluding hydrogens is 520 g/mol. The standard InChI is InChI=1S/C32H38N4O3S/c1-22-9-11-24(12-10-22)31(38)36-21-27(20-28(36)30(37)34-26-15-13-25(33)14-16-26)35(32(39)29-8-5-19-40-29)18-17-23-6-3-2-4-7-23/h2-12,19,25-28H,13-18,20-21,33H2,1H3,(H,34,37). The van der Waals surface area contributed by atoms with Gasteiger partial charge >= 0.3 is 0 Å². The van der Waals surface area contributed by atoms with E-state index < -0.39 is 6.04 Å². The number of likely N-dealkylation sites (tertiary alicyclic amines) is 1. The van der Waals surface area contributed by atoms with Crippen molar-refractivity contribution in [2.45, 2.75) is 69.6 Å². The van der Waals surface area contributed by atoms with Crippen molar-refractivity contribution in [2.24, 2.45) is 5.73 Å². The number of nitrogens with one attached hydrogen (secondary N) is 1. The number of carbonyl (C=O) groups is 3. The zero-order valence-electron chi connectivity index (χ0n) is 23.0. The molecule has 0 spiro atoms. The first-order chi connectivity index (χ1) is 19.4. The summed E-state index contributed by atoms with van der Waals surface area (Å²) in [5, 5.41) is 5.11. The van der Waals surface area contributed by atoms with Crippen molar-refractivity contribution in [3.63, 3.8) is 0 Å². The van der Waals surface area contributed by atoms with Gasteiger partial charge in [-0.15, -0.1) is 11.3 Å². The highest BCUT2D eigenvalue weighted by Crippen LogP contribution is 2.28. The van der Waals surface area contributed by atoms with Gasteiger partial charge in [-0.2, -0.15) is 0 Å². The number of amides is 3. The van der Waals surface area contributed by atoms with Gasteiger partial charge in [0.1, 0.15) is 6.04 Å². The van der Waals surface area contributed by atoms with Crippen LogP contribution in [0.5, 0.6) is 0 Å². The van der Waals surface area contributed by atoms with E-state index in [-0.39, 0.29) is 35.8 Å². The van der Waals surface area contributed by atoms with Crippen molar-refractivity contribution in [1.82, 2.24) is 15.1 Å². The summed E-state index contributed by atoms with van der Waals surface area (Å²) in [5.41, 5.74) is 8.83. The van der Waals surface area contributed by atoms with Crippen molar-refractivity contribution in [3.05, 3.63) is 93.7 Å². The summed E-state index contributed by atoms with van der Waals surface area (Å²) in [6, 6.07) is 20.6. The van der Waals surface area contributed by atoms with Gasteiger partial charge in [0.2, 0.25) is 5.91 Å². The van der Waals surface area contributed by atoms with Crippen LogP contribution in [0, 0.1) is 6.92 Å². The van der Waals surface area contributed by atoms with Gasteiger partial charge in [0, 0.05) is 30.7 Å². The van der Waals surface area contributed by atoms with Crippen molar-refractivity contribution in [2.75, 3.05) is 13.1 Å². The van der Waals surface area contributed by atoms with Gasteiger partial charge in [-0.1, -0.05) is 54.1 Å². The van der Waals surface area contributed by atoms with Gasteiger partial charge in [0.05, 0.1) is 10.9 Å². The first kappa shape index (κ1) is 28.1. The molecule has 1 saturated heterocycles. The average Bonchev–Trinajstić information content (AvgIpc) is 3.66. The molecule has 5 rings (SSSR count). The number of benzene rings is 2. The maximum absolute atomic E-state index is 13.8. The third-order valence-corrected chi connectivity index (χ3v) is 9.03. The van der Waals surface area contributed by atoms with E-state index >= 15 is 0 Å². The highest BCUT2D eigenvalue weighted by atomic mass is 32.1. The molecule has 3 aromatic rings. The minimum absolute atomic E-state index is 0.0546. The second kappa shape index (κ2) is 12.8. The van der Waals surface area contributed by atoms with Gasteiger partial charge in [-0.3, -0.25) is 14.4 Å². The lowest BCUT2D eigenvalue weighted by Crippen LogP contribution is -2.50. The van der Waals surface area contributed by atoms with E-state index in [1.807, 2.05) is 71.8 Å². The Labute approximate surface area is 240 Å². The van der Waals surface area contributed by atoms with E-state index in [2.05, 4.69) is 17.4 Å². The number of hydrogen-bond donors (Lipinski definition) is 2. The Morgan fingerprint density at radius 3 is 2.38 bits per heavy atom. The molecule has 1 aliphatic carbocycles. The number of rotatable bonds is 8. The molecule has 2 aliphatic rings. The minimum atomic E-state index is -0.648. The van der Waals surface area contributed by atoms with E-state index in [1.54, 1.807) is 4.90 Å². The molecule has 7 nitrogen and oxygen atoms in total. The van der Waals surface area contributed by atoms with Gasteiger partial charge in [0.25, 0.3) is 11.8 Å². The SMILES string of the molecule is Cc1ccc(C(=O)N2CC(N(CCc3ccccc3)C(=O)c3cccs3)CC2C(=O)NC2CCC(N)CC2)cc1. The Hall–Kier alpha value is -3.49. The topological polar surface area (TPSA) is 95.7 Å². The van der Waals surface area contributed by atoms with Crippen LogP contribution in [0.25, 0.3) is 0 Å². The van der Waals surface area contributed by atoms with Crippen LogP contribution in [0.4, 0.5) is 0 Å². The zero-order valence-corrected chi connectivity index (χ0v) is 23.8. The van der Waals surface area contributed by atoms with Crippen molar-refractivity contribution < 1.29 is 14.4 Å². The van der Waals surface area contributed by atoms with Crippen LogP contribution in [0.1, 0.15) is 63.3 Å². The smallest absolute Gasteiger partial charge is 0.264 e. The largest absolute Gasteiger partial charge is 0.352 e. The summed E-state index contributed by atoms with van der Waals surface area (Å²) in [6.07, 6.45) is 4.55. The van der Waals surface area contributed by atoms with Gasteiger partial charge < -0.3 is 20.9 Å². The lowest BCUT2D eigenvalue weighted by atomic mass is 9.91. The highest BCUT2D eigenvalue weighted by molar-refractivity contribution is 7.12. The predicted octanol–water partition coefficient (Wildman–Crippen LogP) is 4.41. The third kappa shape index (κ3) is 6.62.